The SMILES string of the molecule is COC1(c2ccc(C(=O)OCc3ccccc3)cc2)COC1. The van der Waals surface area contributed by atoms with Gasteiger partial charge in [0.1, 0.15) is 12.2 Å². The van der Waals surface area contributed by atoms with Gasteiger partial charge in [0, 0.05) is 7.11 Å². The number of carbonyl (C=O) groups excluding carboxylic acids is 1. The van der Waals surface area contributed by atoms with Gasteiger partial charge in [0.2, 0.25) is 0 Å². The van der Waals surface area contributed by atoms with Gasteiger partial charge in [-0.2, -0.15) is 0 Å². The first-order valence-electron chi connectivity index (χ1n) is 7.18. The summed E-state index contributed by atoms with van der Waals surface area (Å²) >= 11 is 0. The van der Waals surface area contributed by atoms with E-state index in [0.29, 0.717) is 18.8 Å². The maximum Gasteiger partial charge on any atom is 0.338 e. The van der Waals surface area contributed by atoms with Gasteiger partial charge >= 0.3 is 5.97 Å². The molecule has 1 aliphatic heterocycles. The van der Waals surface area contributed by atoms with Crippen LogP contribution in [0.4, 0.5) is 0 Å². The molecular formula is C18H18O4. The van der Waals surface area contributed by atoms with E-state index in [9.17, 15) is 4.79 Å². The van der Waals surface area contributed by atoms with E-state index in [-0.39, 0.29) is 18.2 Å². The van der Waals surface area contributed by atoms with E-state index in [2.05, 4.69) is 0 Å². The minimum absolute atomic E-state index is 0.275. The van der Waals surface area contributed by atoms with E-state index in [4.69, 9.17) is 14.2 Å². The lowest BCUT2D eigenvalue weighted by atomic mass is 9.91. The summed E-state index contributed by atoms with van der Waals surface area (Å²) in [5, 5.41) is 0. The second kappa shape index (κ2) is 6.30. The molecule has 0 aliphatic carbocycles. The van der Waals surface area contributed by atoms with Crippen molar-refractivity contribution in [3.8, 4) is 0 Å². The second-order valence-corrected chi connectivity index (χ2v) is 5.33. The Balaban J connectivity index is 1.64. The fourth-order valence-electron chi connectivity index (χ4n) is 2.41. The van der Waals surface area contributed by atoms with Crippen molar-refractivity contribution in [1.29, 1.82) is 0 Å². The van der Waals surface area contributed by atoms with Gasteiger partial charge in [-0.05, 0) is 23.3 Å². The molecule has 0 atom stereocenters. The van der Waals surface area contributed by atoms with Gasteiger partial charge in [-0.25, -0.2) is 4.79 Å². The normalized spacial score (nSPS) is 15.9. The third-order valence-corrected chi connectivity index (χ3v) is 3.92. The Morgan fingerprint density at radius 2 is 1.77 bits per heavy atom. The number of ether oxygens (including phenoxy) is 3. The van der Waals surface area contributed by atoms with Gasteiger partial charge < -0.3 is 14.2 Å². The van der Waals surface area contributed by atoms with Crippen molar-refractivity contribution in [2.24, 2.45) is 0 Å². The van der Waals surface area contributed by atoms with Crippen molar-refractivity contribution in [2.75, 3.05) is 20.3 Å². The van der Waals surface area contributed by atoms with Crippen LogP contribution in [-0.2, 0) is 26.4 Å². The maximum absolute atomic E-state index is 12.1. The Labute approximate surface area is 129 Å². The van der Waals surface area contributed by atoms with Crippen LogP contribution in [0.2, 0.25) is 0 Å². The predicted molar refractivity (Wildman–Crippen MR) is 81.5 cm³/mol. The second-order valence-electron chi connectivity index (χ2n) is 5.33. The summed E-state index contributed by atoms with van der Waals surface area (Å²) < 4.78 is 16.1. The van der Waals surface area contributed by atoms with E-state index in [1.807, 2.05) is 42.5 Å². The monoisotopic (exact) mass is 298 g/mol. The molecule has 2 aromatic carbocycles. The summed E-state index contributed by atoms with van der Waals surface area (Å²) in [6.07, 6.45) is 0. The molecule has 2 aromatic rings. The molecule has 0 bridgehead atoms. The van der Waals surface area contributed by atoms with Gasteiger partial charge in [0.25, 0.3) is 0 Å². The van der Waals surface area contributed by atoms with E-state index in [1.165, 1.54) is 0 Å². The molecule has 1 fully saturated rings. The quantitative estimate of drug-likeness (QED) is 0.796. The summed E-state index contributed by atoms with van der Waals surface area (Å²) in [6.45, 7) is 1.36. The van der Waals surface area contributed by atoms with Crippen molar-refractivity contribution in [1.82, 2.24) is 0 Å². The van der Waals surface area contributed by atoms with Gasteiger partial charge in [0.05, 0.1) is 18.8 Å². The molecule has 0 unspecified atom stereocenters. The fraction of sp³-hybridized carbons (Fsp3) is 0.278. The number of esters is 1. The highest BCUT2D eigenvalue weighted by atomic mass is 16.6. The van der Waals surface area contributed by atoms with E-state index < -0.39 is 0 Å². The average Bonchev–Trinajstić information content (AvgIpc) is 2.54. The van der Waals surface area contributed by atoms with E-state index in [1.54, 1.807) is 19.2 Å². The van der Waals surface area contributed by atoms with Crippen LogP contribution in [0.15, 0.2) is 54.6 Å². The fourth-order valence-corrected chi connectivity index (χ4v) is 2.41. The van der Waals surface area contributed by atoms with Crippen LogP contribution in [0.25, 0.3) is 0 Å². The molecule has 0 radical (unpaired) electrons. The van der Waals surface area contributed by atoms with Crippen LogP contribution < -0.4 is 0 Å². The highest BCUT2D eigenvalue weighted by Gasteiger charge is 2.40. The minimum Gasteiger partial charge on any atom is -0.457 e. The molecule has 4 heteroatoms. The summed E-state index contributed by atoms with van der Waals surface area (Å²) in [5.41, 5.74) is 2.15. The molecule has 0 amide bonds. The molecule has 114 valence electrons. The molecule has 0 N–H and O–H groups in total. The lowest BCUT2D eigenvalue weighted by molar-refractivity contribution is -0.202. The molecular weight excluding hydrogens is 280 g/mol. The lowest BCUT2D eigenvalue weighted by Gasteiger charge is -2.40. The Bertz CT molecular complexity index is 624. The highest BCUT2D eigenvalue weighted by Crippen LogP contribution is 2.33. The van der Waals surface area contributed by atoms with E-state index >= 15 is 0 Å². The number of methoxy groups -OCH3 is 1. The van der Waals surface area contributed by atoms with Gasteiger partial charge in [-0.1, -0.05) is 42.5 Å². The van der Waals surface area contributed by atoms with Crippen molar-refractivity contribution in [3.63, 3.8) is 0 Å². The Morgan fingerprint density at radius 3 is 2.32 bits per heavy atom. The number of hydrogen-bond acceptors (Lipinski definition) is 4. The third-order valence-electron chi connectivity index (χ3n) is 3.92. The van der Waals surface area contributed by atoms with Crippen molar-refractivity contribution < 1.29 is 19.0 Å². The smallest absolute Gasteiger partial charge is 0.338 e. The largest absolute Gasteiger partial charge is 0.457 e. The molecule has 0 spiro atoms. The zero-order valence-electron chi connectivity index (χ0n) is 12.5. The number of benzene rings is 2. The zero-order valence-corrected chi connectivity index (χ0v) is 12.5. The molecule has 0 saturated carbocycles. The average molecular weight is 298 g/mol. The third kappa shape index (κ3) is 2.89. The highest BCUT2D eigenvalue weighted by molar-refractivity contribution is 5.89. The van der Waals surface area contributed by atoms with Crippen LogP contribution in [-0.4, -0.2) is 26.3 Å². The summed E-state index contributed by atoms with van der Waals surface area (Å²) in [4.78, 5) is 12.1. The molecule has 4 nitrogen and oxygen atoms in total. The minimum atomic E-state index is -0.369. The summed E-state index contributed by atoms with van der Waals surface area (Å²) in [6, 6.07) is 16.9. The Morgan fingerprint density at radius 1 is 1.09 bits per heavy atom. The lowest BCUT2D eigenvalue weighted by Crippen LogP contribution is -2.48. The summed E-state index contributed by atoms with van der Waals surface area (Å²) in [7, 11) is 1.67. The van der Waals surface area contributed by atoms with Crippen LogP contribution in [0.1, 0.15) is 21.5 Å². The Hall–Kier alpha value is -2.17. The van der Waals surface area contributed by atoms with Gasteiger partial charge in [0.15, 0.2) is 0 Å². The van der Waals surface area contributed by atoms with Gasteiger partial charge in [-0.3, -0.25) is 0 Å². The first kappa shape index (κ1) is 14.8. The van der Waals surface area contributed by atoms with Crippen LogP contribution in [0.3, 0.4) is 0 Å². The van der Waals surface area contributed by atoms with Gasteiger partial charge in [-0.15, -0.1) is 0 Å². The first-order chi connectivity index (χ1) is 10.7. The van der Waals surface area contributed by atoms with Crippen LogP contribution >= 0.6 is 0 Å². The topological polar surface area (TPSA) is 44.8 Å². The van der Waals surface area contributed by atoms with Crippen molar-refractivity contribution >= 4 is 5.97 Å². The number of hydrogen-bond donors (Lipinski definition) is 0. The molecule has 1 aliphatic rings. The van der Waals surface area contributed by atoms with Crippen molar-refractivity contribution in [3.05, 3.63) is 71.3 Å². The van der Waals surface area contributed by atoms with Crippen LogP contribution in [0.5, 0.6) is 0 Å². The maximum atomic E-state index is 12.1. The first-order valence-corrected chi connectivity index (χ1v) is 7.18. The Kier molecular flexibility index (Phi) is 4.22. The molecule has 22 heavy (non-hydrogen) atoms. The molecule has 1 heterocycles. The summed E-state index contributed by atoms with van der Waals surface area (Å²) in [5.74, 6) is -0.327. The van der Waals surface area contributed by atoms with Crippen LogP contribution in [0, 0.1) is 0 Å². The number of carbonyl (C=O) groups is 1. The molecule has 0 aromatic heterocycles. The zero-order chi connectivity index (χ0) is 15.4. The number of rotatable bonds is 5. The predicted octanol–water partition coefficient (Wildman–Crippen LogP) is 2.92. The molecule has 1 saturated heterocycles. The van der Waals surface area contributed by atoms with Crippen molar-refractivity contribution in [2.45, 2.75) is 12.2 Å². The standard InChI is InChI=1S/C18H18O4/c1-20-18(12-21-13-18)16-9-7-15(8-10-16)17(19)22-11-14-5-3-2-4-6-14/h2-10H,11-13H2,1H3. The molecule has 3 rings (SSSR count). The van der Waals surface area contributed by atoms with E-state index in [0.717, 1.165) is 11.1 Å².